The van der Waals surface area contributed by atoms with E-state index in [0.717, 1.165) is 19.6 Å². The minimum absolute atomic E-state index is 0.363. The first-order chi connectivity index (χ1) is 10.2. The average molecular weight is 304 g/mol. The first-order valence-corrected chi connectivity index (χ1v) is 7.45. The third-order valence-corrected chi connectivity index (χ3v) is 3.75. The molecule has 4 nitrogen and oxygen atoms in total. The summed E-state index contributed by atoms with van der Waals surface area (Å²) in [5, 5.41) is 0.363. The topological polar surface area (TPSA) is 38.2 Å². The van der Waals surface area contributed by atoms with Gasteiger partial charge in [0.25, 0.3) is 0 Å². The van der Waals surface area contributed by atoms with E-state index < -0.39 is 0 Å². The predicted molar refractivity (Wildman–Crippen MR) is 82.5 cm³/mol. The summed E-state index contributed by atoms with van der Waals surface area (Å²) in [5.41, 5.74) is 2.68. The fraction of sp³-hybridized carbons (Fsp3) is 0.375. The first kappa shape index (κ1) is 14.3. The molecule has 0 amide bonds. The Bertz CT molecular complexity index is 614. The van der Waals surface area contributed by atoms with Crippen LogP contribution in [0, 0.1) is 12.8 Å². The summed E-state index contributed by atoms with van der Waals surface area (Å²) in [6, 6.07) is 8.66. The van der Waals surface area contributed by atoms with Crippen molar-refractivity contribution < 1.29 is 4.74 Å². The summed E-state index contributed by atoms with van der Waals surface area (Å²) >= 11 is 5.77. The molecule has 5 heteroatoms. The molecule has 0 saturated carbocycles. The smallest absolute Gasteiger partial charge is 0.233 e. The molecule has 1 aliphatic heterocycles. The number of halogens is 1. The van der Waals surface area contributed by atoms with Crippen molar-refractivity contribution >= 4 is 11.6 Å². The Morgan fingerprint density at radius 2 is 2.19 bits per heavy atom. The van der Waals surface area contributed by atoms with Crippen molar-refractivity contribution in [2.45, 2.75) is 13.5 Å². The molecule has 0 aliphatic carbocycles. The highest BCUT2D eigenvalue weighted by Gasteiger charge is 2.27. The van der Waals surface area contributed by atoms with E-state index in [1.165, 1.54) is 17.3 Å². The molecule has 3 rings (SSSR count). The van der Waals surface area contributed by atoms with Gasteiger partial charge in [0.2, 0.25) is 5.88 Å². The van der Waals surface area contributed by atoms with Crippen molar-refractivity contribution in [3.05, 3.63) is 52.9 Å². The highest BCUT2D eigenvalue weighted by molar-refractivity contribution is 6.29. The molecular weight excluding hydrogens is 286 g/mol. The molecule has 1 saturated heterocycles. The van der Waals surface area contributed by atoms with E-state index in [4.69, 9.17) is 16.3 Å². The van der Waals surface area contributed by atoms with Crippen molar-refractivity contribution in [2.75, 3.05) is 19.7 Å². The molecule has 0 bridgehead atoms. The molecule has 110 valence electrons. The summed E-state index contributed by atoms with van der Waals surface area (Å²) in [7, 11) is 0. The van der Waals surface area contributed by atoms with Crippen LogP contribution in [0.2, 0.25) is 5.15 Å². The van der Waals surface area contributed by atoms with Gasteiger partial charge in [-0.1, -0.05) is 41.4 Å². The highest BCUT2D eigenvalue weighted by atomic mass is 35.5. The van der Waals surface area contributed by atoms with Gasteiger partial charge in [-0.25, -0.2) is 0 Å². The maximum Gasteiger partial charge on any atom is 0.233 e. The molecule has 0 unspecified atom stereocenters. The zero-order chi connectivity index (χ0) is 14.7. The van der Waals surface area contributed by atoms with Gasteiger partial charge in [-0.2, -0.15) is 4.98 Å². The molecule has 1 fully saturated rings. The van der Waals surface area contributed by atoms with E-state index in [0.29, 0.717) is 23.6 Å². The lowest BCUT2D eigenvalue weighted by Crippen LogP contribution is -2.48. The molecule has 1 aliphatic rings. The van der Waals surface area contributed by atoms with E-state index in [1.807, 2.05) is 0 Å². The molecule has 2 aromatic rings. The van der Waals surface area contributed by atoms with Crippen LogP contribution < -0.4 is 4.74 Å². The molecule has 0 radical (unpaired) electrons. The van der Waals surface area contributed by atoms with Gasteiger partial charge in [0.15, 0.2) is 5.15 Å². The van der Waals surface area contributed by atoms with Crippen LogP contribution in [0.5, 0.6) is 5.88 Å². The van der Waals surface area contributed by atoms with Crippen molar-refractivity contribution in [3.63, 3.8) is 0 Å². The van der Waals surface area contributed by atoms with E-state index in [9.17, 15) is 0 Å². The second-order valence-corrected chi connectivity index (χ2v) is 5.93. The van der Waals surface area contributed by atoms with Gasteiger partial charge in [0.1, 0.15) is 0 Å². The molecule has 1 aromatic heterocycles. The van der Waals surface area contributed by atoms with Crippen molar-refractivity contribution in [2.24, 2.45) is 5.92 Å². The van der Waals surface area contributed by atoms with Crippen LogP contribution in [-0.4, -0.2) is 34.6 Å². The quantitative estimate of drug-likeness (QED) is 0.851. The summed E-state index contributed by atoms with van der Waals surface area (Å²) in [5.74, 6) is 1.05. The van der Waals surface area contributed by atoms with Crippen LogP contribution in [0.1, 0.15) is 11.1 Å². The average Bonchev–Trinajstić information content (AvgIpc) is 2.41. The fourth-order valence-corrected chi connectivity index (χ4v) is 2.72. The van der Waals surface area contributed by atoms with Crippen LogP contribution in [-0.2, 0) is 6.54 Å². The second kappa shape index (κ2) is 6.41. The molecule has 0 atom stereocenters. The van der Waals surface area contributed by atoms with Gasteiger partial charge in [-0.15, -0.1) is 0 Å². The monoisotopic (exact) mass is 303 g/mol. The molecule has 2 heterocycles. The number of ether oxygens (including phenoxy) is 1. The highest BCUT2D eigenvalue weighted by Crippen LogP contribution is 2.20. The van der Waals surface area contributed by atoms with Gasteiger partial charge < -0.3 is 4.74 Å². The lowest BCUT2D eigenvalue weighted by Gasteiger charge is -2.39. The normalized spacial score (nSPS) is 15.7. The third-order valence-electron chi connectivity index (χ3n) is 3.57. The van der Waals surface area contributed by atoms with Gasteiger partial charge >= 0.3 is 0 Å². The van der Waals surface area contributed by atoms with E-state index in [1.54, 1.807) is 6.20 Å². The summed E-state index contributed by atoms with van der Waals surface area (Å²) < 4.78 is 5.62. The Morgan fingerprint density at radius 1 is 1.33 bits per heavy atom. The second-order valence-electron chi connectivity index (χ2n) is 5.54. The number of nitrogens with zero attached hydrogens (tertiary/aromatic N) is 3. The Hall–Kier alpha value is -1.65. The maximum absolute atomic E-state index is 5.77. The zero-order valence-electron chi connectivity index (χ0n) is 12.0. The van der Waals surface area contributed by atoms with Crippen LogP contribution in [0.4, 0.5) is 0 Å². The van der Waals surface area contributed by atoms with Crippen LogP contribution in [0.15, 0.2) is 36.7 Å². The minimum atomic E-state index is 0.363. The van der Waals surface area contributed by atoms with E-state index >= 15 is 0 Å². The number of benzene rings is 1. The molecule has 0 N–H and O–H groups in total. The van der Waals surface area contributed by atoms with Crippen molar-refractivity contribution in [3.8, 4) is 5.88 Å². The van der Waals surface area contributed by atoms with Crippen LogP contribution in [0.3, 0.4) is 0 Å². The Kier molecular flexibility index (Phi) is 4.36. The molecular formula is C16H18ClN3O. The number of hydrogen-bond donors (Lipinski definition) is 0. The van der Waals surface area contributed by atoms with Crippen LogP contribution in [0.25, 0.3) is 0 Å². The number of rotatable bonds is 5. The number of aryl methyl sites for hydroxylation is 1. The molecule has 0 spiro atoms. The minimum Gasteiger partial charge on any atom is -0.476 e. The van der Waals surface area contributed by atoms with Gasteiger partial charge in [0.05, 0.1) is 19.0 Å². The molecule has 1 aromatic carbocycles. The Morgan fingerprint density at radius 3 is 2.95 bits per heavy atom. The van der Waals surface area contributed by atoms with Gasteiger partial charge in [0, 0.05) is 25.6 Å². The standard InChI is InChI=1S/C16H18ClN3O/c1-12-3-2-4-13(5-12)8-20-9-14(10-20)11-21-16-7-18-6-15(17)19-16/h2-7,14H,8-11H2,1H3. The predicted octanol–water partition coefficient (Wildman–Crippen LogP) is 2.95. The lowest BCUT2D eigenvalue weighted by atomic mass is 10.00. The van der Waals surface area contributed by atoms with Crippen LogP contribution >= 0.6 is 11.6 Å². The SMILES string of the molecule is Cc1cccc(CN2CC(COc3cncc(Cl)n3)C2)c1. The molecule has 21 heavy (non-hydrogen) atoms. The summed E-state index contributed by atoms with van der Waals surface area (Å²) in [6.07, 6.45) is 3.09. The summed E-state index contributed by atoms with van der Waals surface area (Å²) in [6.45, 7) is 5.92. The van der Waals surface area contributed by atoms with E-state index in [2.05, 4.69) is 46.1 Å². The zero-order valence-corrected chi connectivity index (χ0v) is 12.8. The summed E-state index contributed by atoms with van der Waals surface area (Å²) in [4.78, 5) is 10.4. The van der Waals surface area contributed by atoms with Crippen molar-refractivity contribution in [1.29, 1.82) is 0 Å². The van der Waals surface area contributed by atoms with Gasteiger partial charge in [-0.05, 0) is 12.5 Å². The van der Waals surface area contributed by atoms with E-state index in [-0.39, 0.29) is 0 Å². The number of aromatic nitrogens is 2. The largest absolute Gasteiger partial charge is 0.476 e. The van der Waals surface area contributed by atoms with Gasteiger partial charge in [-0.3, -0.25) is 9.88 Å². The Balaban J connectivity index is 1.42. The number of likely N-dealkylation sites (tertiary alicyclic amines) is 1. The maximum atomic E-state index is 5.77. The lowest BCUT2D eigenvalue weighted by molar-refractivity contribution is 0.0543. The Labute approximate surface area is 129 Å². The van der Waals surface area contributed by atoms with Crippen molar-refractivity contribution in [1.82, 2.24) is 14.9 Å². The fourth-order valence-electron chi connectivity index (χ4n) is 2.58. The number of hydrogen-bond acceptors (Lipinski definition) is 4. The third kappa shape index (κ3) is 3.93. The first-order valence-electron chi connectivity index (χ1n) is 7.07.